The third-order valence-electron chi connectivity index (χ3n) is 5.06. The lowest BCUT2D eigenvalue weighted by Crippen LogP contribution is -2.42. The van der Waals surface area contributed by atoms with Gasteiger partial charge in [0, 0.05) is 16.7 Å². The van der Waals surface area contributed by atoms with Gasteiger partial charge in [-0.25, -0.2) is 8.42 Å². The number of aliphatic hydroxyl groups is 1. The summed E-state index contributed by atoms with van der Waals surface area (Å²) < 4.78 is 27.4. The predicted octanol–water partition coefficient (Wildman–Crippen LogP) is 3.55. The number of rotatable bonds is 4. The first-order valence-electron chi connectivity index (χ1n) is 9.53. The smallest absolute Gasteiger partial charge is 0.265 e. The summed E-state index contributed by atoms with van der Waals surface area (Å²) in [6, 6.07) is 21.4. The zero-order valence-corrected chi connectivity index (χ0v) is 17.4. The van der Waals surface area contributed by atoms with Crippen LogP contribution in [-0.2, 0) is 10.0 Å². The lowest BCUT2D eigenvalue weighted by Gasteiger charge is -2.31. The number of benzene rings is 3. The van der Waals surface area contributed by atoms with Gasteiger partial charge in [-0.05, 0) is 24.3 Å². The number of carbonyl (C=O) groups excluding carboxylic acids is 2. The molecule has 0 saturated carbocycles. The lowest BCUT2D eigenvalue weighted by atomic mass is 10.0. The minimum atomic E-state index is -4.31. The standard InChI is InChI=1S/C24H16N2O5S/c25-14-16-10-12-17(13-11-16)20(27)15-26-22(23(28)18-6-2-1-3-7-18)24(29)19-8-4-5-9-21(19)32(26,30)31/h1-13,28H,15H2. The van der Waals surface area contributed by atoms with Crippen LogP contribution in [0.2, 0.25) is 0 Å². The minimum absolute atomic E-state index is 0.0768. The van der Waals surface area contributed by atoms with Crippen LogP contribution in [0.5, 0.6) is 0 Å². The van der Waals surface area contributed by atoms with Crippen molar-refractivity contribution in [3.05, 3.63) is 107 Å². The SMILES string of the molecule is N#Cc1ccc(C(=O)CN2C(=C(O)c3ccccc3)C(=O)c3ccccc3S2(=O)=O)cc1. The quantitative estimate of drug-likeness (QED) is 0.374. The van der Waals surface area contributed by atoms with E-state index in [9.17, 15) is 23.1 Å². The van der Waals surface area contributed by atoms with E-state index < -0.39 is 39.6 Å². The number of nitrogens with zero attached hydrogens (tertiary/aromatic N) is 2. The number of nitriles is 1. The monoisotopic (exact) mass is 444 g/mol. The summed E-state index contributed by atoms with van der Waals surface area (Å²) in [6.07, 6.45) is 0. The van der Waals surface area contributed by atoms with Gasteiger partial charge in [0.2, 0.25) is 5.78 Å². The van der Waals surface area contributed by atoms with Crippen molar-refractivity contribution >= 4 is 27.3 Å². The molecule has 3 aromatic rings. The molecule has 0 aromatic heterocycles. The molecule has 1 aliphatic heterocycles. The van der Waals surface area contributed by atoms with Gasteiger partial charge in [-0.1, -0.05) is 54.6 Å². The van der Waals surface area contributed by atoms with Crippen molar-refractivity contribution in [1.82, 2.24) is 4.31 Å². The molecule has 0 saturated heterocycles. The zero-order valence-electron chi connectivity index (χ0n) is 16.6. The van der Waals surface area contributed by atoms with Crippen LogP contribution in [-0.4, -0.2) is 35.9 Å². The van der Waals surface area contributed by atoms with Gasteiger partial charge in [-0.2, -0.15) is 5.26 Å². The Balaban J connectivity index is 1.87. The average Bonchev–Trinajstić information content (AvgIpc) is 2.83. The van der Waals surface area contributed by atoms with Gasteiger partial charge in [0.1, 0.15) is 5.70 Å². The Hall–Kier alpha value is -4.22. The maximum absolute atomic E-state index is 13.4. The number of carbonyl (C=O) groups is 2. The Morgan fingerprint density at radius 2 is 1.53 bits per heavy atom. The first-order valence-corrected chi connectivity index (χ1v) is 11.0. The van der Waals surface area contributed by atoms with Crippen LogP contribution in [0.3, 0.4) is 0 Å². The van der Waals surface area contributed by atoms with Crippen molar-refractivity contribution in [3.63, 3.8) is 0 Å². The van der Waals surface area contributed by atoms with Crippen LogP contribution in [0.4, 0.5) is 0 Å². The van der Waals surface area contributed by atoms with E-state index in [0.29, 0.717) is 9.87 Å². The summed E-state index contributed by atoms with van der Waals surface area (Å²) in [4.78, 5) is 25.9. The normalized spacial score (nSPS) is 16.1. The summed E-state index contributed by atoms with van der Waals surface area (Å²) in [5.41, 5.74) is 0.188. The molecule has 0 atom stereocenters. The Labute approximate surface area is 184 Å². The van der Waals surface area contributed by atoms with Gasteiger partial charge >= 0.3 is 0 Å². The minimum Gasteiger partial charge on any atom is -0.505 e. The number of aliphatic hydroxyl groups excluding tert-OH is 1. The van der Waals surface area contributed by atoms with Crippen LogP contribution in [0, 0.1) is 11.3 Å². The van der Waals surface area contributed by atoms with E-state index in [0.717, 1.165) is 0 Å². The molecule has 0 bridgehead atoms. The first kappa shape index (κ1) is 21.0. The Morgan fingerprint density at radius 3 is 2.19 bits per heavy atom. The first-order chi connectivity index (χ1) is 15.3. The molecular weight excluding hydrogens is 428 g/mol. The van der Waals surface area contributed by atoms with Gasteiger partial charge in [0.25, 0.3) is 10.0 Å². The lowest BCUT2D eigenvalue weighted by molar-refractivity contribution is 0.0952. The van der Waals surface area contributed by atoms with Gasteiger partial charge in [0.15, 0.2) is 11.5 Å². The van der Waals surface area contributed by atoms with Crippen molar-refractivity contribution in [2.75, 3.05) is 6.54 Å². The molecule has 3 aromatic carbocycles. The highest BCUT2D eigenvalue weighted by Gasteiger charge is 2.42. The summed E-state index contributed by atoms with van der Waals surface area (Å²) in [5.74, 6) is -1.84. The molecule has 8 heteroatoms. The second-order valence-corrected chi connectivity index (χ2v) is 8.84. The largest absolute Gasteiger partial charge is 0.505 e. The summed E-state index contributed by atoms with van der Waals surface area (Å²) in [5, 5.41) is 19.8. The molecule has 0 amide bonds. The predicted molar refractivity (Wildman–Crippen MR) is 116 cm³/mol. The summed E-state index contributed by atoms with van der Waals surface area (Å²) in [7, 11) is -4.31. The van der Waals surface area contributed by atoms with Gasteiger partial charge in [0.05, 0.1) is 23.1 Å². The number of Topliss-reactive ketones (excluding diaryl/α,β-unsaturated/α-hetero) is 2. The van der Waals surface area contributed by atoms with Crippen LogP contribution < -0.4 is 0 Å². The van der Waals surface area contributed by atoms with Gasteiger partial charge in [-0.3, -0.25) is 13.9 Å². The Morgan fingerprint density at radius 1 is 0.906 bits per heavy atom. The van der Waals surface area contributed by atoms with Gasteiger partial charge < -0.3 is 5.11 Å². The molecule has 0 fully saturated rings. The van der Waals surface area contributed by atoms with E-state index in [1.807, 2.05) is 6.07 Å². The number of allylic oxidation sites excluding steroid dienone is 1. The third kappa shape index (κ3) is 3.55. The maximum Gasteiger partial charge on any atom is 0.265 e. The van der Waals surface area contributed by atoms with E-state index in [1.165, 1.54) is 60.7 Å². The second-order valence-electron chi connectivity index (χ2n) is 7.01. The highest BCUT2D eigenvalue weighted by Crippen LogP contribution is 2.35. The molecule has 1 N–H and O–H groups in total. The van der Waals surface area contributed by atoms with Crippen molar-refractivity contribution in [3.8, 4) is 6.07 Å². The van der Waals surface area contributed by atoms with E-state index in [2.05, 4.69) is 0 Å². The number of hydrogen-bond donors (Lipinski definition) is 1. The Bertz CT molecular complexity index is 1400. The fourth-order valence-electron chi connectivity index (χ4n) is 3.43. The zero-order chi connectivity index (χ0) is 22.9. The molecule has 158 valence electrons. The fourth-order valence-corrected chi connectivity index (χ4v) is 5.06. The molecule has 4 rings (SSSR count). The third-order valence-corrected chi connectivity index (χ3v) is 6.86. The van der Waals surface area contributed by atoms with E-state index in [-0.39, 0.29) is 21.6 Å². The van der Waals surface area contributed by atoms with Crippen molar-refractivity contribution in [2.24, 2.45) is 0 Å². The summed E-state index contributed by atoms with van der Waals surface area (Å²) in [6.45, 7) is -0.694. The molecule has 0 unspecified atom stereocenters. The fraction of sp³-hybridized carbons (Fsp3) is 0.0417. The highest BCUT2D eigenvalue weighted by atomic mass is 32.2. The molecule has 0 spiro atoms. The molecule has 7 nitrogen and oxygen atoms in total. The maximum atomic E-state index is 13.4. The number of ketones is 2. The molecule has 0 aliphatic carbocycles. The van der Waals surface area contributed by atoms with Crippen LogP contribution >= 0.6 is 0 Å². The van der Waals surface area contributed by atoms with Crippen molar-refractivity contribution in [1.29, 1.82) is 5.26 Å². The molecular formula is C24H16N2O5S. The number of sulfonamides is 1. The molecule has 1 heterocycles. The van der Waals surface area contributed by atoms with Crippen LogP contribution in [0.1, 0.15) is 31.8 Å². The average molecular weight is 444 g/mol. The summed E-state index contributed by atoms with van der Waals surface area (Å²) >= 11 is 0. The van der Waals surface area contributed by atoms with E-state index in [4.69, 9.17) is 5.26 Å². The highest BCUT2D eigenvalue weighted by molar-refractivity contribution is 7.89. The molecule has 1 aliphatic rings. The topological polar surface area (TPSA) is 116 Å². The van der Waals surface area contributed by atoms with Gasteiger partial charge in [-0.15, -0.1) is 0 Å². The molecule has 32 heavy (non-hydrogen) atoms. The van der Waals surface area contributed by atoms with E-state index in [1.54, 1.807) is 18.2 Å². The number of hydrogen-bond acceptors (Lipinski definition) is 6. The van der Waals surface area contributed by atoms with Crippen LogP contribution in [0.25, 0.3) is 5.76 Å². The number of fused-ring (bicyclic) bond motifs is 1. The second kappa shape index (κ2) is 8.13. The van der Waals surface area contributed by atoms with Crippen LogP contribution in [0.15, 0.2) is 89.5 Å². The Kier molecular flexibility index (Phi) is 5.34. The molecule has 0 radical (unpaired) electrons. The van der Waals surface area contributed by atoms with Crippen molar-refractivity contribution < 1.29 is 23.1 Å². The van der Waals surface area contributed by atoms with Crippen molar-refractivity contribution in [2.45, 2.75) is 4.90 Å². The van der Waals surface area contributed by atoms with E-state index >= 15 is 0 Å².